The number of nitrogens with one attached hydrogen (secondary N) is 2. The Kier molecular flexibility index (Phi) is 9.89. The first-order valence-electron chi connectivity index (χ1n) is 9.92. The summed E-state index contributed by atoms with van der Waals surface area (Å²) in [6.07, 6.45) is -3.30. The molecule has 0 radical (unpaired) electrons. The topological polar surface area (TPSA) is 48.9 Å². The third kappa shape index (κ3) is 8.56. The van der Waals surface area contributed by atoms with E-state index in [9.17, 15) is 13.2 Å². The van der Waals surface area contributed by atoms with Gasteiger partial charge in [-0.2, -0.15) is 13.2 Å². The van der Waals surface area contributed by atoms with Gasteiger partial charge in [-0.3, -0.25) is 4.99 Å². The first-order chi connectivity index (χ1) is 14.4. The number of guanidine groups is 1. The molecule has 170 valence electrons. The smallest absolute Gasteiger partial charge is 0.369 e. The van der Waals surface area contributed by atoms with Gasteiger partial charge in [0.1, 0.15) is 6.61 Å². The monoisotopic (exact) mass is 548 g/mol. The molecule has 0 saturated carbocycles. The fourth-order valence-corrected chi connectivity index (χ4v) is 3.44. The molecule has 1 fully saturated rings. The number of halogens is 4. The van der Waals surface area contributed by atoms with Crippen LogP contribution in [0.25, 0.3) is 0 Å². The molecule has 2 aromatic rings. The highest BCUT2D eigenvalue weighted by Crippen LogP contribution is 2.19. The van der Waals surface area contributed by atoms with E-state index in [1.54, 1.807) is 13.1 Å². The molecule has 1 aliphatic heterocycles. The van der Waals surface area contributed by atoms with Gasteiger partial charge in [0.15, 0.2) is 5.96 Å². The number of rotatable bonds is 7. The quantitative estimate of drug-likeness (QED) is 0.308. The minimum atomic E-state index is -4.31. The number of para-hydroxylation sites is 1. The predicted octanol–water partition coefficient (Wildman–Crippen LogP) is 4.33. The van der Waals surface area contributed by atoms with Crippen molar-refractivity contribution in [3.63, 3.8) is 0 Å². The van der Waals surface area contributed by atoms with Crippen molar-refractivity contribution in [2.75, 3.05) is 31.6 Å². The lowest BCUT2D eigenvalue weighted by molar-refractivity contribution is -0.176. The lowest BCUT2D eigenvalue weighted by Gasteiger charge is -2.20. The maximum atomic E-state index is 12.2. The number of hydrogen-bond donors (Lipinski definition) is 2. The van der Waals surface area contributed by atoms with Gasteiger partial charge in [0.25, 0.3) is 0 Å². The number of aliphatic imine (C=N–C) groups is 1. The predicted molar refractivity (Wildman–Crippen MR) is 128 cm³/mol. The number of nitrogens with zero attached hydrogens (tertiary/aromatic N) is 2. The molecule has 2 aromatic carbocycles. The Morgan fingerprint density at radius 3 is 2.58 bits per heavy atom. The van der Waals surface area contributed by atoms with Gasteiger partial charge in [-0.05, 0) is 29.7 Å². The average molecular weight is 548 g/mol. The molecular weight excluding hydrogens is 520 g/mol. The van der Waals surface area contributed by atoms with Crippen LogP contribution in [0.3, 0.4) is 0 Å². The van der Waals surface area contributed by atoms with Crippen molar-refractivity contribution in [2.24, 2.45) is 4.99 Å². The molecule has 1 saturated heterocycles. The number of anilines is 1. The maximum Gasteiger partial charge on any atom is 0.411 e. The van der Waals surface area contributed by atoms with Crippen LogP contribution >= 0.6 is 24.0 Å². The van der Waals surface area contributed by atoms with E-state index >= 15 is 0 Å². The molecule has 1 aliphatic rings. The lowest BCUT2D eigenvalue weighted by Crippen LogP contribution is -2.44. The van der Waals surface area contributed by atoms with Gasteiger partial charge in [-0.15, -0.1) is 24.0 Å². The van der Waals surface area contributed by atoms with Gasteiger partial charge in [0.2, 0.25) is 0 Å². The summed E-state index contributed by atoms with van der Waals surface area (Å²) < 4.78 is 41.4. The van der Waals surface area contributed by atoms with Crippen molar-refractivity contribution in [2.45, 2.75) is 31.8 Å². The van der Waals surface area contributed by atoms with Crippen LogP contribution in [-0.2, 0) is 17.9 Å². The zero-order valence-electron chi connectivity index (χ0n) is 17.4. The van der Waals surface area contributed by atoms with Crippen LogP contribution in [0.1, 0.15) is 17.5 Å². The van der Waals surface area contributed by atoms with Gasteiger partial charge < -0.3 is 20.3 Å². The number of alkyl halides is 3. The van der Waals surface area contributed by atoms with Crippen molar-refractivity contribution >= 4 is 35.6 Å². The first kappa shape index (κ1) is 25.3. The number of benzene rings is 2. The van der Waals surface area contributed by atoms with E-state index in [2.05, 4.69) is 32.7 Å². The van der Waals surface area contributed by atoms with E-state index < -0.39 is 12.8 Å². The maximum absolute atomic E-state index is 12.2. The second kappa shape index (κ2) is 12.1. The molecule has 9 heteroatoms. The van der Waals surface area contributed by atoms with Crippen LogP contribution in [0.5, 0.6) is 0 Å². The third-order valence-corrected chi connectivity index (χ3v) is 4.86. The van der Waals surface area contributed by atoms with Crippen LogP contribution in [0.2, 0.25) is 0 Å². The van der Waals surface area contributed by atoms with Crippen LogP contribution in [0.15, 0.2) is 59.6 Å². The molecule has 1 unspecified atom stereocenters. The van der Waals surface area contributed by atoms with Crippen LogP contribution in [-0.4, -0.2) is 44.9 Å². The summed E-state index contributed by atoms with van der Waals surface area (Å²) in [5, 5.41) is 6.72. The first-order valence-corrected chi connectivity index (χ1v) is 9.92. The van der Waals surface area contributed by atoms with Gasteiger partial charge in [-0.25, -0.2) is 0 Å². The van der Waals surface area contributed by atoms with Crippen molar-refractivity contribution in [3.8, 4) is 0 Å². The van der Waals surface area contributed by atoms with Gasteiger partial charge in [0.05, 0.1) is 6.61 Å². The highest BCUT2D eigenvalue weighted by molar-refractivity contribution is 14.0. The van der Waals surface area contributed by atoms with E-state index in [1.807, 2.05) is 36.4 Å². The summed E-state index contributed by atoms with van der Waals surface area (Å²) in [5.41, 5.74) is 2.87. The Morgan fingerprint density at radius 2 is 1.87 bits per heavy atom. The lowest BCUT2D eigenvalue weighted by atomic mass is 10.1. The summed E-state index contributed by atoms with van der Waals surface area (Å²) in [6, 6.07) is 17.9. The Balaban J connectivity index is 0.00000341. The molecule has 3 rings (SSSR count). The van der Waals surface area contributed by atoms with E-state index in [-0.39, 0.29) is 30.6 Å². The van der Waals surface area contributed by atoms with Crippen molar-refractivity contribution in [1.29, 1.82) is 0 Å². The van der Waals surface area contributed by atoms with Crippen molar-refractivity contribution in [1.82, 2.24) is 10.6 Å². The van der Waals surface area contributed by atoms with Crippen LogP contribution < -0.4 is 15.5 Å². The van der Waals surface area contributed by atoms with Crippen LogP contribution in [0, 0.1) is 0 Å². The van der Waals surface area contributed by atoms with Gasteiger partial charge >= 0.3 is 6.18 Å². The van der Waals surface area contributed by atoms with Crippen molar-refractivity contribution < 1.29 is 17.9 Å². The molecule has 0 spiro atoms. The summed E-state index contributed by atoms with van der Waals surface area (Å²) >= 11 is 0. The fraction of sp³-hybridized carbons (Fsp3) is 0.409. The SMILES string of the molecule is CN=C(NCc1cccc(COCC(F)(F)F)c1)NC1CCN(c2ccccc2)C1.I. The summed E-state index contributed by atoms with van der Waals surface area (Å²) in [4.78, 5) is 6.63. The zero-order chi connectivity index (χ0) is 21.4. The van der Waals surface area contributed by atoms with E-state index in [0.717, 1.165) is 25.1 Å². The normalized spacial score (nSPS) is 16.7. The Bertz CT molecular complexity index is 833. The Morgan fingerprint density at radius 1 is 1.13 bits per heavy atom. The largest absolute Gasteiger partial charge is 0.411 e. The number of ether oxygens (including phenoxy) is 1. The molecule has 2 N–H and O–H groups in total. The molecule has 31 heavy (non-hydrogen) atoms. The average Bonchev–Trinajstić information content (AvgIpc) is 3.20. The molecule has 5 nitrogen and oxygen atoms in total. The second-order valence-corrected chi connectivity index (χ2v) is 7.27. The molecular formula is C22H28F3IN4O. The minimum absolute atomic E-state index is 0. The Labute approximate surface area is 198 Å². The highest BCUT2D eigenvalue weighted by atomic mass is 127. The standard InChI is InChI=1S/C22H27F3N4O.HI/c1-26-21(28-19-10-11-29(14-19)20-8-3-2-4-9-20)27-13-17-6-5-7-18(12-17)15-30-16-22(23,24)25;/h2-9,12,19H,10-11,13-16H2,1H3,(H2,26,27,28);1H. The molecule has 0 aliphatic carbocycles. The van der Waals surface area contributed by atoms with Crippen LogP contribution in [0.4, 0.5) is 18.9 Å². The van der Waals surface area contributed by atoms with E-state index in [0.29, 0.717) is 24.1 Å². The Hall–Kier alpha value is -2.01. The summed E-state index contributed by atoms with van der Waals surface area (Å²) in [5.74, 6) is 0.702. The molecule has 0 aromatic heterocycles. The van der Waals surface area contributed by atoms with Crippen molar-refractivity contribution in [3.05, 3.63) is 65.7 Å². The highest BCUT2D eigenvalue weighted by Gasteiger charge is 2.27. The fourth-order valence-electron chi connectivity index (χ4n) is 3.44. The van der Waals surface area contributed by atoms with Gasteiger partial charge in [-0.1, -0.05) is 42.5 Å². The molecule has 1 atom stereocenters. The zero-order valence-corrected chi connectivity index (χ0v) is 19.7. The second-order valence-electron chi connectivity index (χ2n) is 7.27. The number of hydrogen-bond acceptors (Lipinski definition) is 3. The molecule has 0 amide bonds. The summed E-state index contributed by atoms with van der Waals surface area (Å²) in [7, 11) is 1.72. The van der Waals surface area contributed by atoms with E-state index in [4.69, 9.17) is 4.74 Å². The molecule has 0 bridgehead atoms. The molecule has 1 heterocycles. The van der Waals surface area contributed by atoms with Gasteiger partial charge in [0, 0.05) is 38.4 Å². The third-order valence-electron chi connectivity index (χ3n) is 4.86. The summed E-state index contributed by atoms with van der Waals surface area (Å²) in [6.45, 7) is 1.09. The van der Waals surface area contributed by atoms with E-state index in [1.165, 1.54) is 5.69 Å². The minimum Gasteiger partial charge on any atom is -0.369 e.